The topological polar surface area (TPSA) is 73.3 Å². The number of hydrogen-bond donors (Lipinski definition) is 1. The second-order valence-corrected chi connectivity index (χ2v) is 6.63. The van der Waals surface area contributed by atoms with Crippen molar-refractivity contribution < 1.29 is 14.3 Å². The predicted molar refractivity (Wildman–Crippen MR) is 101 cm³/mol. The Labute approximate surface area is 155 Å². The third-order valence-electron chi connectivity index (χ3n) is 3.64. The zero-order valence-electron chi connectivity index (χ0n) is 14.6. The van der Waals surface area contributed by atoms with Crippen LogP contribution < -0.4 is 14.8 Å². The summed E-state index contributed by atoms with van der Waals surface area (Å²) < 4.78 is 11.0. The van der Waals surface area contributed by atoms with Crippen LogP contribution in [0, 0.1) is 6.92 Å². The SMILES string of the molecule is COc1ccccc1OCCc1nnc(NC(=O)c2ccc(C)cc2)s1. The van der Waals surface area contributed by atoms with Crippen molar-refractivity contribution in [2.24, 2.45) is 0 Å². The fraction of sp³-hybridized carbons (Fsp3) is 0.211. The Balaban J connectivity index is 1.53. The quantitative estimate of drug-likeness (QED) is 0.687. The molecule has 1 N–H and O–H groups in total. The Morgan fingerprint density at radius 2 is 1.81 bits per heavy atom. The molecule has 6 nitrogen and oxygen atoms in total. The van der Waals surface area contributed by atoms with Gasteiger partial charge in [0.25, 0.3) is 5.91 Å². The summed E-state index contributed by atoms with van der Waals surface area (Å²) in [6, 6.07) is 14.8. The molecule has 0 radical (unpaired) electrons. The molecule has 0 spiro atoms. The maximum atomic E-state index is 12.2. The van der Waals surface area contributed by atoms with E-state index in [0.29, 0.717) is 35.2 Å². The Hall–Kier alpha value is -2.93. The van der Waals surface area contributed by atoms with Crippen LogP contribution in [0.2, 0.25) is 0 Å². The number of ether oxygens (including phenoxy) is 2. The van der Waals surface area contributed by atoms with Gasteiger partial charge in [-0.3, -0.25) is 10.1 Å². The molecular weight excluding hydrogens is 350 g/mol. The van der Waals surface area contributed by atoms with Crippen molar-refractivity contribution in [3.05, 3.63) is 64.7 Å². The standard InChI is InChI=1S/C19H19N3O3S/c1-13-7-9-14(10-8-13)18(23)20-19-22-21-17(26-19)11-12-25-16-6-4-3-5-15(16)24-2/h3-10H,11-12H2,1-2H3,(H,20,22,23). The summed E-state index contributed by atoms with van der Waals surface area (Å²) >= 11 is 1.34. The number of methoxy groups -OCH3 is 1. The molecule has 3 rings (SSSR count). The molecule has 0 aliphatic rings. The number of rotatable bonds is 7. The van der Waals surface area contributed by atoms with E-state index in [1.807, 2.05) is 43.3 Å². The number of carbonyl (C=O) groups excluding carboxylic acids is 1. The van der Waals surface area contributed by atoms with Gasteiger partial charge < -0.3 is 9.47 Å². The average molecular weight is 369 g/mol. The summed E-state index contributed by atoms with van der Waals surface area (Å²) in [5.74, 6) is 1.18. The number of benzene rings is 2. The number of aryl methyl sites for hydroxylation is 1. The van der Waals surface area contributed by atoms with Crippen LogP contribution in [0.5, 0.6) is 11.5 Å². The number of para-hydroxylation sites is 2. The first-order valence-electron chi connectivity index (χ1n) is 8.12. The summed E-state index contributed by atoms with van der Waals surface area (Å²) in [7, 11) is 1.61. The first kappa shape index (κ1) is 17.9. The molecule has 0 atom stereocenters. The smallest absolute Gasteiger partial charge is 0.257 e. The van der Waals surface area contributed by atoms with Crippen LogP contribution in [0.4, 0.5) is 5.13 Å². The zero-order chi connectivity index (χ0) is 18.4. The van der Waals surface area contributed by atoms with Gasteiger partial charge in [-0.1, -0.05) is 41.2 Å². The van der Waals surface area contributed by atoms with Crippen LogP contribution in [0.3, 0.4) is 0 Å². The highest BCUT2D eigenvalue weighted by molar-refractivity contribution is 7.15. The van der Waals surface area contributed by atoms with E-state index in [0.717, 1.165) is 10.6 Å². The lowest BCUT2D eigenvalue weighted by Crippen LogP contribution is -2.11. The van der Waals surface area contributed by atoms with Crippen LogP contribution in [-0.2, 0) is 6.42 Å². The second-order valence-electron chi connectivity index (χ2n) is 5.57. The molecule has 0 saturated heterocycles. The molecule has 3 aromatic rings. The third-order valence-corrected chi connectivity index (χ3v) is 4.54. The third kappa shape index (κ3) is 4.58. The molecule has 134 valence electrons. The number of nitrogens with zero attached hydrogens (tertiary/aromatic N) is 2. The molecule has 0 saturated carbocycles. The number of carbonyl (C=O) groups is 1. The van der Waals surface area contributed by atoms with Gasteiger partial charge in [-0.2, -0.15) is 0 Å². The van der Waals surface area contributed by atoms with Gasteiger partial charge in [-0.25, -0.2) is 0 Å². The van der Waals surface area contributed by atoms with Crippen molar-refractivity contribution in [3.63, 3.8) is 0 Å². The fourth-order valence-corrected chi connectivity index (χ4v) is 2.98. The highest BCUT2D eigenvalue weighted by Crippen LogP contribution is 2.26. The number of aromatic nitrogens is 2. The summed E-state index contributed by atoms with van der Waals surface area (Å²) in [6.45, 7) is 2.42. The Kier molecular flexibility index (Phi) is 5.80. The van der Waals surface area contributed by atoms with Gasteiger partial charge in [0.2, 0.25) is 5.13 Å². The van der Waals surface area contributed by atoms with Crippen molar-refractivity contribution in [3.8, 4) is 11.5 Å². The van der Waals surface area contributed by atoms with E-state index in [4.69, 9.17) is 9.47 Å². The number of anilines is 1. The molecule has 2 aromatic carbocycles. The molecular formula is C19H19N3O3S. The summed E-state index contributed by atoms with van der Waals surface area (Å²) in [5.41, 5.74) is 1.70. The van der Waals surface area contributed by atoms with Gasteiger partial charge in [0.1, 0.15) is 5.01 Å². The average Bonchev–Trinajstić information content (AvgIpc) is 3.10. The van der Waals surface area contributed by atoms with Crippen molar-refractivity contribution in [1.82, 2.24) is 10.2 Å². The predicted octanol–water partition coefficient (Wildman–Crippen LogP) is 3.73. The molecule has 1 amide bonds. The maximum absolute atomic E-state index is 12.2. The summed E-state index contributed by atoms with van der Waals surface area (Å²) in [5, 5.41) is 12.1. The fourth-order valence-electron chi connectivity index (χ4n) is 2.27. The van der Waals surface area contributed by atoms with Crippen LogP contribution in [0.1, 0.15) is 20.9 Å². The van der Waals surface area contributed by atoms with Crippen LogP contribution >= 0.6 is 11.3 Å². The van der Waals surface area contributed by atoms with Gasteiger partial charge in [0.05, 0.1) is 13.7 Å². The minimum absolute atomic E-state index is 0.196. The lowest BCUT2D eigenvalue weighted by Gasteiger charge is -2.09. The van der Waals surface area contributed by atoms with Crippen LogP contribution in [0.15, 0.2) is 48.5 Å². The molecule has 0 fully saturated rings. The molecule has 1 heterocycles. The zero-order valence-corrected chi connectivity index (χ0v) is 15.4. The maximum Gasteiger partial charge on any atom is 0.257 e. The highest BCUT2D eigenvalue weighted by atomic mass is 32.1. The Bertz CT molecular complexity index is 878. The minimum Gasteiger partial charge on any atom is -0.493 e. The second kappa shape index (κ2) is 8.44. The summed E-state index contributed by atoms with van der Waals surface area (Å²) in [4.78, 5) is 12.2. The van der Waals surface area contributed by atoms with E-state index in [1.165, 1.54) is 11.3 Å². The molecule has 26 heavy (non-hydrogen) atoms. The van der Waals surface area contributed by atoms with E-state index in [2.05, 4.69) is 15.5 Å². The van der Waals surface area contributed by atoms with E-state index < -0.39 is 0 Å². The number of hydrogen-bond acceptors (Lipinski definition) is 6. The minimum atomic E-state index is -0.196. The largest absolute Gasteiger partial charge is 0.493 e. The molecule has 1 aromatic heterocycles. The van der Waals surface area contributed by atoms with Crippen LogP contribution in [0.25, 0.3) is 0 Å². The molecule has 0 unspecified atom stereocenters. The first-order chi connectivity index (χ1) is 12.7. The molecule has 0 aliphatic heterocycles. The number of amides is 1. The van der Waals surface area contributed by atoms with Gasteiger partial charge in [0.15, 0.2) is 11.5 Å². The molecule has 0 aliphatic carbocycles. The van der Waals surface area contributed by atoms with Crippen molar-refractivity contribution in [2.45, 2.75) is 13.3 Å². The van der Waals surface area contributed by atoms with Gasteiger partial charge in [-0.15, -0.1) is 10.2 Å². The normalized spacial score (nSPS) is 10.4. The van der Waals surface area contributed by atoms with Gasteiger partial charge in [-0.05, 0) is 31.2 Å². The molecule has 7 heteroatoms. The van der Waals surface area contributed by atoms with Crippen molar-refractivity contribution >= 4 is 22.4 Å². The summed E-state index contributed by atoms with van der Waals surface area (Å²) in [6.07, 6.45) is 0.593. The lowest BCUT2D eigenvalue weighted by molar-refractivity contribution is 0.102. The lowest BCUT2D eigenvalue weighted by atomic mass is 10.1. The first-order valence-corrected chi connectivity index (χ1v) is 8.93. The Morgan fingerprint density at radius 3 is 2.54 bits per heavy atom. The molecule has 0 bridgehead atoms. The van der Waals surface area contributed by atoms with Crippen molar-refractivity contribution in [1.29, 1.82) is 0 Å². The Morgan fingerprint density at radius 1 is 1.08 bits per heavy atom. The van der Waals surface area contributed by atoms with E-state index in [9.17, 15) is 4.79 Å². The van der Waals surface area contributed by atoms with Crippen molar-refractivity contribution in [2.75, 3.05) is 19.0 Å². The van der Waals surface area contributed by atoms with E-state index in [1.54, 1.807) is 19.2 Å². The highest BCUT2D eigenvalue weighted by Gasteiger charge is 2.10. The van der Waals surface area contributed by atoms with Gasteiger partial charge in [0, 0.05) is 12.0 Å². The number of nitrogens with one attached hydrogen (secondary N) is 1. The van der Waals surface area contributed by atoms with Gasteiger partial charge >= 0.3 is 0 Å². The van der Waals surface area contributed by atoms with Crippen LogP contribution in [-0.4, -0.2) is 29.8 Å². The van der Waals surface area contributed by atoms with E-state index >= 15 is 0 Å². The van der Waals surface area contributed by atoms with E-state index in [-0.39, 0.29) is 5.91 Å². The monoisotopic (exact) mass is 369 g/mol.